The van der Waals surface area contributed by atoms with E-state index in [1.165, 1.54) is 6.92 Å². The highest BCUT2D eigenvalue weighted by Gasteiger charge is 2.55. The van der Waals surface area contributed by atoms with Gasteiger partial charge in [0.25, 0.3) is 5.54 Å². The van der Waals surface area contributed by atoms with Gasteiger partial charge in [0.15, 0.2) is 0 Å². The van der Waals surface area contributed by atoms with Gasteiger partial charge in [0, 0.05) is 13.3 Å². The van der Waals surface area contributed by atoms with Crippen LogP contribution < -0.4 is 4.74 Å². The molecule has 0 amide bonds. The van der Waals surface area contributed by atoms with Gasteiger partial charge >= 0.3 is 5.97 Å². The van der Waals surface area contributed by atoms with Crippen molar-refractivity contribution >= 4 is 5.97 Å². The van der Waals surface area contributed by atoms with Gasteiger partial charge in [0.2, 0.25) is 5.70 Å². The van der Waals surface area contributed by atoms with E-state index in [-0.39, 0.29) is 18.5 Å². The Labute approximate surface area is 160 Å². The average molecular weight is 368 g/mol. The molecule has 1 aromatic carbocycles. The number of aliphatic hydroxyl groups excluding tert-OH is 1. The third-order valence-corrected chi connectivity index (χ3v) is 5.16. The summed E-state index contributed by atoms with van der Waals surface area (Å²) < 4.78 is 10.6. The molecule has 1 N–H and O–H groups in total. The van der Waals surface area contributed by atoms with E-state index in [0.29, 0.717) is 18.6 Å². The molecule has 2 rings (SSSR count). The normalized spacial score (nSPS) is 24.0. The van der Waals surface area contributed by atoms with Crippen LogP contribution in [-0.2, 0) is 16.0 Å². The summed E-state index contributed by atoms with van der Waals surface area (Å²) in [6, 6.07) is 7.28. The molecule has 4 unspecified atom stereocenters. The molecule has 0 heterocycles. The molecule has 6 nitrogen and oxygen atoms in total. The van der Waals surface area contributed by atoms with E-state index in [4.69, 9.17) is 22.6 Å². The summed E-state index contributed by atoms with van der Waals surface area (Å²) in [7, 11) is 1.58. The van der Waals surface area contributed by atoms with Crippen LogP contribution >= 0.6 is 0 Å². The maximum absolute atomic E-state index is 11.6. The van der Waals surface area contributed by atoms with Crippen LogP contribution in [0, 0.1) is 19.1 Å². The number of nitrogens with zero attached hydrogens (tertiary/aromatic N) is 2. The number of aliphatic hydroxyl groups is 1. The summed E-state index contributed by atoms with van der Waals surface area (Å²) in [4.78, 5) is 18.9. The van der Waals surface area contributed by atoms with Gasteiger partial charge in [-0.15, -0.1) is 0 Å². The summed E-state index contributed by atoms with van der Waals surface area (Å²) in [5.41, 5.74) is -0.333. The second-order valence-corrected chi connectivity index (χ2v) is 6.84. The minimum absolute atomic E-state index is 0.101. The lowest BCUT2D eigenvalue weighted by Gasteiger charge is -2.39. The molecule has 1 aliphatic carbocycles. The van der Waals surface area contributed by atoms with Gasteiger partial charge in [-0.3, -0.25) is 4.79 Å². The summed E-state index contributed by atoms with van der Waals surface area (Å²) in [5, 5.41) is 10.2. The number of ether oxygens (including phenoxy) is 2. The molecule has 142 valence electrons. The Bertz CT molecular complexity index is 775. The van der Waals surface area contributed by atoms with Gasteiger partial charge in [-0.1, -0.05) is 18.7 Å². The van der Waals surface area contributed by atoms with Crippen molar-refractivity contribution in [2.45, 2.75) is 50.4 Å². The highest BCUT2D eigenvalue weighted by Crippen LogP contribution is 2.44. The second kappa shape index (κ2) is 8.70. The minimum atomic E-state index is -1.28. The predicted octanol–water partition coefficient (Wildman–Crippen LogP) is 3.42. The van der Waals surface area contributed by atoms with Crippen LogP contribution in [0.5, 0.6) is 5.75 Å². The van der Waals surface area contributed by atoms with Crippen molar-refractivity contribution in [3.05, 3.63) is 64.9 Å². The Morgan fingerprint density at radius 2 is 2.00 bits per heavy atom. The molecule has 1 fully saturated rings. The van der Waals surface area contributed by atoms with Crippen LogP contribution in [0.15, 0.2) is 36.5 Å². The Kier molecular flexibility index (Phi) is 6.60. The number of hydrogen-bond donors (Lipinski definition) is 1. The second-order valence-electron chi connectivity index (χ2n) is 6.84. The van der Waals surface area contributed by atoms with Crippen LogP contribution in [0.4, 0.5) is 0 Å². The monoisotopic (exact) mass is 368 g/mol. The first-order chi connectivity index (χ1) is 12.9. The lowest BCUT2D eigenvalue weighted by atomic mass is 9.68. The number of carbonyl (C=O) groups is 1. The molecule has 0 saturated heterocycles. The zero-order valence-corrected chi connectivity index (χ0v) is 15.6. The number of hydrogen-bond acceptors (Lipinski definition) is 4. The van der Waals surface area contributed by atoms with E-state index in [0.717, 1.165) is 5.56 Å². The van der Waals surface area contributed by atoms with Crippen LogP contribution in [0.1, 0.15) is 31.7 Å². The fraction of sp³-hybridized carbons (Fsp3) is 0.476. The van der Waals surface area contributed by atoms with Crippen molar-refractivity contribution in [1.82, 2.24) is 0 Å². The molecule has 27 heavy (non-hydrogen) atoms. The first kappa shape index (κ1) is 20.5. The third-order valence-electron chi connectivity index (χ3n) is 5.16. The number of benzene rings is 1. The van der Waals surface area contributed by atoms with Crippen LogP contribution in [-0.4, -0.2) is 35.9 Å². The molecule has 0 aromatic heterocycles. The lowest BCUT2D eigenvalue weighted by Crippen LogP contribution is -2.49. The molecule has 0 aliphatic heterocycles. The Morgan fingerprint density at radius 1 is 1.33 bits per heavy atom. The molecule has 0 spiro atoms. The first-order valence-corrected chi connectivity index (χ1v) is 8.80. The average Bonchev–Trinajstić information content (AvgIpc) is 2.67. The van der Waals surface area contributed by atoms with Crippen molar-refractivity contribution in [3.8, 4) is 5.75 Å². The fourth-order valence-corrected chi connectivity index (χ4v) is 3.76. The minimum Gasteiger partial charge on any atom is -0.497 e. The van der Waals surface area contributed by atoms with Gasteiger partial charge in [0.1, 0.15) is 11.9 Å². The van der Waals surface area contributed by atoms with Gasteiger partial charge in [-0.25, -0.2) is 11.4 Å². The van der Waals surface area contributed by atoms with Crippen molar-refractivity contribution in [3.63, 3.8) is 0 Å². The van der Waals surface area contributed by atoms with E-state index in [1.54, 1.807) is 19.2 Å². The van der Waals surface area contributed by atoms with Crippen molar-refractivity contribution in [2.24, 2.45) is 5.92 Å². The number of rotatable bonds is 6. The summed E-state index contributed by atoms with van der Waals surface area (Å²) in [6.07, 6.45) is 0.350. The number of methoxy groups -OCH3 is 1. The topological polar surface area (TPSA) is 64.5 Å². The Balaban J connectivity index is 2.46. The zero-order valence-electron chi connectivity index (χ0n) is 15.6. The van der Waals surface area contributed by atoms with Gasteiger partial charge < -0.3 is 19.4 Å². The summed E-state index contributed by atoms with van der Waals surface area (Å²) in [6.45, 7) is 20.6. The van der Waals surface area contributed by atoms with Gasteiger partial charge in [0.05, 0.1) is 25.7 Å². The van der Waals surface area contributed by atoms with Crippen molar-refractivity contribution < 1.29 is 19.4 Å². The van der Waals surface area contributed by atoms with Gasteiger partial charge in [-0.05, 0) is 37.0 Å². The molecular weight excluding hydrogens is 344 g/mol. The van der Waals surface area contributed by atoms with E-state index in [1.807, 2.05) is 12.1 Å². The molecule has 1 aliphatic rings. The highest BCUT2D eigenvalue weighted by molar-refractivity contribution is 5.66. The molecule has 4 atom stereocenters. The standard InChI is InChI=1S/C21H24N2O4/c1-14(22-3)21(23-4,13-16-6-9-18(26-5)10-7-16)19-12-17(25)8-11-20(19)27-15(2)24/h6-7,9-10,17,19-20,25H,1,8,11-13H2,2,5H3. The van der Waals surface area contributed by atoms with Crippen LogP contribution in [0.2, 0.25) is 0 Å². The van der Waals surface area contributed by atoms with Crippen LogP contribution in [0.3, 0.4) is 0 Å². The molecule has 0 radical (unpaired) electrons. The number of carbonyl (C=O) groups excluding carboxylic acids is 1. The number of esters is 1. The molecule has 6 heteroatoms. The zero-order chi connectivity index (χ0) is 20.0. The Hall–Kier alpha value is -2.83. The maximum Gasteiger partial charge on any atom is 0.302 e. The summed E-state index contributed by atoms with van der Waals surface area (Å²) in [5.74, 6) is -0.244. The largest absolute Gasteiger partial charge is 0.497 e. The first-order valence-electron chi connectivity index (χ1n) is 8.80. The van der Waals surface area contributed by atoms with E-state index >= 15 is 0 Å². The highest BCUT2D eigenvalue weighted by atomic mass is 16.5. The Morgan fingerprint density at radius 3 is 2.52 bits per heavy atom. The van der Waals surface area contributed by atoms with E-state index < -0.39 is 29.6 Å². The fourth-order valence-electron chi connectivity index (χ4n) is 3.76. The van der Waals surface area contributed by atoms with E-state index in [2.05, 4.69) is 16.3 Å². The molecule has 1 saturated carbocycles. The molecule has 1 aromatic rings. The predicted molar refractivity (Wildman–Crippen MR) is 101 cm³/mol. The van der Waals surface area contributed by atoms with Gasteiger partial charge in [-0.2, -0.15) is 0 Å². The smallest absolute Gasteiger partial charge is 0.302 e. The summed E-state index contributed by atoms with van der Waals surface area (Å²) >= 11 is 0. The van der Waals surface area contributed by atoms with Crippen LogP contribution in [0.25, 0.3) is 9.69 Å². The SMILES string of the molecule is [C-]#[N+]C(=C)C(Cc1ccc(OC)cc1)([N+]#[C-])C1CC(O)CCC1OC(C)=O. The third kappa shape index (κ3) is 4.48. The lowest BCUT2D eigenvalue weighted by molar-refractivity contribution is -0.154. The maximum atomic E-state index is 11.6. The van der Waals surface area contributed by atoms with Crippen molar-refractivity contribution in [2.75, 3.05) is 7.11 Å². The molecule has 0 bridgehead atoms. The van der Waals surface area contributed by atoms with Crippen molar-refractivity contribution in [1.29, 1.82) is 0 Å². The van der Waals surface area contributed by atoms with E-state index in [9.17, 15) is 9.90 Å². The quantitative estimate of drug-likeness (QED) is 0.617. The molecular formula is C21H24N2O4.